The van der Waals surface area contributed by atoms with Gasteiger partial charge < -0.3 is 9.47 Å². The summed E-state index contributed by atoms with van der Waals surface area (Å²) in [7, 11) is 9.40. The van der Waals surface area contributed by atoms with Crippen LogP contribution in [-0.2, 0) is 29.1 Å². The minimum Gasteiger partial charge on any atom is -0.380 e. The molecule has 0 spiro atoms. The largest absolute Gasteiger partial charge is 0.380 e. The van der Waals surface area contributed by atoms with E-state index in [1.165, 1.54) is 0 Å². The molecule has 0 aromatic carbocycles. The summed E-state index contributed by atoms with van der Waals surface area (Å²) in [5.41, 5.74) is -2.30. The average molecular weight is 684 g/mol. The monoisotopic (exact) mass is 683 g/mol. The summed E-state index contributed by atoms with van der Waals surface area (Å²) >= 11 is 0. The number of alkyl halides is 3. The molecule has 1 aromatic heterocycles. The molecule has 0 fully saturated rings. The molecule has 1 rings (SSSR count). The fourth-order valence-electron chi connectivity index (χ4n) is 3.85. The molecule has 0 bridgehead atoms. The number of hydrogen-bond acceptors (Lipinski definition) is 5. The van der Waals surface area contributed by atoms with E-state index < -0.39 is 50.7 Å². The van der Waals surface area contributed by atoms with Crippen molar-refractivity contribution >= 4 is 46.2 Å². The molecule has 16 heteroatoms. The first kappa shape index (κ1) is 39.3. The lowest BCUT2D eigenvalue weighted by atomic mass is 9.82. The fraction of sp³-hybridized carbons (Fsp3) is 0.880. The van der Waals surface area contributed by atoms with E-state index in [1.54, 1.807) is 41.6 Å². The minimum absolute atomic E-state index is 0.0445. The topological polar surface area (TPSA) is 84.5 Å². The van der Waals surface area contributed by atoms with Gasteiger partial charge in [0.05, 0.1) is 24.7 Å². The minimum atomic E-state index is -3.14. The Morgan fingerprint density at radius 1 is 0.756 bits per heavy atom. The molecule has 1 heterocycles. The highest BCUT2D eigenvalue weighted by Crippen LogP contribution is 2.61. The van der Waals surface area contributed by atoms with Gasteiger partial charge in [-0.05, 0) is 30.6 Å². The number of halogens is 3. The third-order valence-corrected chi connectivity index (χ3v) is 12.3. The molecule has 0 aliphatic carbocycles. The highest BCUT2D eigenvalue weighted by Gasteiger charge is 2.66. The Labute approximate surface area is 253 Å². The average Bonchev–Trinajstić information content (AvgIpc) is 2.84. The van der Waals surface area contributed by atoms with Crippen LogP contribution >= 0.6 is 46.2 Å². The second-order valence-electron chi connectivity index (χ2n) is 12.1. The Morgan fingerprint density at radius 3 is 1.71 bits per heavy atom. The van der Waals surface area contributed by atoms with Gasteiger partial charge in [-0.3, -0.25) is 0 Å². The highest BCUT2D eigenvalue weighted by molar-refractivity contribution is 7.43. The predicted octanol–water partition coefficient (Wildman–Crippen LogP) is 4.02. The van der Waals surface area contributed by atoms with E-state index in [0.717, 1.165) is 13.7 Å². The lowest BCUT2D eigenvalue weighted by Crippen LogP contribution is -2.60. The summed E-state index contributed by atoms with van der Waals surface area (Å²) < 4.78 is 61.1. The van der Waals surface area contributed by atoms with E-state index >= 15 is 13.2 Å². The Bertz CT molecular complexity index is 1200. The molecule has 0 radical (unpaired) electrons. The van der Waals surface area contributed by atoms with Gasteiger partial charge >= 0.3 is 17.1 Å². The number of ether oxygens (including phenoxy) is 2. The van der Waals surface area contributed by atoms with Gasteiger partial charge in [0.25, 0.3) is 0 Å². The second kappa shape index (κ2) is 15.0. The third kappa shape index (κ3) is 9.15. The molecule has 0 aliphatic rings. The van der Waals surface area contributed by atoms with Crippen molar-refractivity contribution in [3.8, 4) is 0 Å². The molecular weight excluding hydrogens is 634 g/mol. The first-order chi connectivity index (χ1) is 18.5. The predicted molar refractivity (Wildman–Crippen MR) is 177 cm³/mol. The van der Waals surface area contributed by atoms with Crippen LogP contribution in [0.4, 0.5) is 13.2 Å². The van der Waals surface area contributed by atoms with Gasteiger partial charge in [0.15, 0.2) is 10.8 Å². The van der Waals surface area contributed by atoms with Crippen molar-refractivity contribution in [2.75, 3.05) is 26.4 Å². The molecule has 0 amide bonds. The van der Waals surface area contributed by atoms with Crippen LogP contribution in [-0.4, -0.2) is 61.3 Å². The van der Waals surface area contributed by atoms with E-state index in [0.29, 0.717) is 6.42 Å². The SMILES string of the molecule is CCCn1c(=O)n(CC(C)COCC(F)(P)C(F)(P)C(F)(P)C(P)(P)COCC)c(=O)n(CC(C)C(C)(C)C)c1=O. The maximum absolute atomic E-state index is 15.8. The first-order valence-corrected chi connectivity index (χ1v) is 16.5. The van der Waals surface area contributed by atoms with Gasteiger partial charge in [-0.25, -0.2) is 41.3 Å². The first-order valence-electron chi connectivity index (χ1n) is 13.6. The zero-order valence-corrected chi connectivity index (χ0v) is 31.0. The van der Waals surface area contributed by atoms with Crippen molar-refractivity contribution in [2.24, 2.45) is 17.3 Å². The van der Waals surface area contributed by atoms with Crippen LogP contribution in [0.3, 0.4) is 0 Å². The van der Waals surface area contributed by atoms with Crippen LogP contribution in [0.2, 0.25) is 0 Å². The summed E-state index contributed by atoms with van der Waals surface area (Å²) in [6.07, 6.45) is 0.512. The number of rotatable bonds is 16. The van der Waals surface area contributed by atoms with Crippen molar-refractivity contribution in [1.82, 2.24) is 13.7 Å². The standard InChI is InChI=1S/C25H49F3N3O5P5/c1-8-10-29-18(32)30(20(34)31(19(29)33)12-17(4)21(5,6)7)11-16(3)13-36-14-22(26,37)24(27,40)25(28,41)23(38,39)15-35-9-2/h16-17H,8-15,37-41H2,1-7H3. The van der Waals surface area contributed by atoms with Crippen LogP contribution < -0.4 is 17.1 Å². The summed E-state index contributed by atoms with van der Waals surface area (Å²) in [6, 6.07) is 0. The summed E-state index contributed by atoms with van der Waals surface area (Å²) in [5.74, 6) is -0.551. The number of hydrogen-bond donors (Lipinski definition) is 0. The molecular formula is C25H49F3N3O5P5. The number of aromatic nitrogens is 3. The van der Waals surface area contributed by atoms with E-state index in [-0.39, 0.29) is 50.8 Å². The summed E-state index contributed by atoms with van der Waals surface area (Å²) in [5, 5.41) is -8.83. The maximum atomic E-state index is 15.8. The van der Waals surface area contributed by atoms with Crippen molar-refractivity contribution in [2.45, 2.75) is 95.6 Å². The fourth-order valence-corrected chi connectivity index (χ4v) is 6.01. The van der Waals surface area contributed by atoms with Gasteiger partial charge in [-0.2, -0.15) is 0 Å². The molecule has 0 N–H and O–H groups in total. The van der Waals surface area contributed by atoms with Crippen molar-refractivity contribution in [1.29, 1.82) is 0 Å². The smallest absolute Gasteiger partial charge is 0.336 e. The van der Waals surface area contributed by atoms with Crippen LogP contribution in [0.25, 0.3) is 0 Å². The molecule has 0 aliphatic heterocycles. The van der Waals surface area contributed by atoms with Crippen LogP contribution in [0.15, 0.2) is 14.4 Å². The van der Waals surface area contributed by atoms with Gasteiger partial charge in [0.1, 0.15) is 0 Å². The molecule has 0 saturated carbocycles. The summed E-state index contributed by atoms with van der Waals surface area (Å²) in [6.45, 7) is 12.4. The third-order valence-electron chi connectivity index (χ3n) is 7.33. The Kier molecular flexibility index (Phi) is 14.4. The molecule has 10 unspecified atom stereocenters. The van der Waals surface area contributed by atoms with Crippen LogP contribution in [0, 0.1) is 17.3 Å². The van der Waals surface area contributed by atoms with E-state index in [9.17, 15) is 14.4 Å². The molecule has 10 atom stereocenters. The van der Waals surface area contributed by atoms with E-state index in [1.807, 2.05) is 34.6 Å². The van der Waals surface area contributed by atoms with Gasteiger partial charge in [-0.1, -0.05) is 69.3 Å². The van der Waals surface area contributed by atoms with Crippen LogP contribution in [0.5, 0.6) is 0 Å². The van der Waals surface area contributed by atoms with Gasteiger partial charge in [0.2, 0.25) is 5.41 Å². The van der Waals surface area contributed by atoms with Crippen molar-refractivity contribution in [3.63, 3.8) is 0 Å². The number of nitrogens with zero attached hydrogens (tertiary/aromatic N) is 3. The summed E-state index contributed by atoms with van der Waals surface area (Å²) in [4.78, 5) is 37.9. The van der Waals surface area contributed by atoms with Gasteiger partial charge in [-0.15, -0.1) is 18.5 Å². The zero-order valence-electron chi connectivity index (χ0n) is 25.2. The maximum Gasteiger partial charge on any atom is 0.336 e. The molecule has 0 saturated heterocycles. The second-order valence-corrected chi connectivity index (χ2v) is 17.3. The quantitative estimate of drug-likeness (QED) is 0.246. The Morgan fingerprint density at radius 2 is 1.24 bits per heavy atom. The molecule has 1 aromatic rings. The Hall–Kier alpha value is 0.270. The van der Waals surface area contributed by atoms with Crippen molar-refractivity contribution < 1.29 is 22.6 Å². The normalized spacial score (nSPS) is 18.8. The lowest BCUT2D eigenvalue weighted by molar-refractivity contribution is -0.0535. The van der Waals surface area contributed by atoms with E-state index in [2.05, 4.69) is 18.5 Å². The van der Waals surface area contributed by atoms with E-state index in [4.69, 9.17) is 9.47 Å². The Balaban J connectivity index is 3.18. The highest BCUT2D eigenvalue weighted by atomic mass is 31.1. The van der Waals surface area contributed by atoms with Gasteiger partial charge in [0, 0.05) is 26.2 Å². The zero-order chi connectivity index (χ0) is 32.2. The molecule has 41 heavy (non-hydrogen) atoms. The molecule has 8 nitrogen and oxygen atoms in total. The van der Waals surface area contributed by atoms with Crippen LogP contribution in [0.1, 0.15) is 54.9 Å². The molecule has 240 valence electrons. The lowest BCUT2D eigenvalue weighted by Gasteiger charge is -2.48. The van der Waals surface area contributed by atoms with Crippen molar-refractivity contribution in [3.05, 3.63) is 31.5 Å².